The van der Waals surface area contributed by atoms with Crippen LogP contribution in [0, 0.1) is 0 Å². The molecule has 1 aromatic heterocycles. The number of carbonyl (C=O) groups is 2. The van der Waals surface area contributed by atoms with Gasteiger partial charge in [-0.3, -0.25) is 9.78 Å². The number of benzene rings is 1. The van der Waals surface area contributed by atoms with E-state index < -0.39 is 0 Å². The second kappa shape index (κ2) is 10.7. The van der Waals surface area contributed by atoms with Crippen molar-refractivity contribution in [1.29, 1.82) is 0 Å². The van der Waals surface area contributed by atoms with Crippen LogP contribution >= 0.6 is 0 Å². The Hall–Kier alpha value is -2.07. The predicted octanol–water partition coefficient (Wildman–Crippen LogP) is 4.33. The number of unbranched alkanes of at least 4 members (excludes halogenated alkanes) is 3. The molecule has 0 aliphatic rings. The van der Waals surface area contributed by atoms with Gasteiger partial charge in [0.05, 0.1) is 0 Å². The lowest BCUT2D eigenvalue weighted by Crippen LogP contribution is -2.17. The summed E-state index contributed by atoms with van der Waals surface area (Å²) in [5.74, 6) is 0.487. The van der Waals surface area contributed by atoms with Crippen molar-refractivity contribution in [3.05, 3.63) is 42.2 Å². The monoisotopic (exact) mass is 340 g/mol. The van der Waals surface area contributed by atoms with E-state index in [9.17, 15) is 9.59 Å². The molecule has 4 heteroatoms. The standard InChI is InChI=1S/C21H28N2O2/c1-17(24)8-3-2-5-13-22-14-6-4-11-21(25)20-10-7-9-18-16-23-15-12-19(18)20/h7,9-10,12,15-16,22H,2-6,8,11,13-14H2,1H3. The zero-order valence-electron chi connectivity index (χ0n) is 15.1. The minimum atomic E-state index is 0.209. The third-order valence-electron chi connectivity index (χ3n) is 4.37. The fourth-order valence-electron chi connectivity index (χ4n) is 2.96. The maximum atomic E-state index is 12.5. The summed E-state index contributed by atoms with van der Waals surface area (Å²) in [4.78, 5) is 27.4. The van der Waals surface area contributed by atoms with Crippen molar-refractivity contribution in [2.75, 3.05) is 13.1 Å². The van der Waals surface area contributed by atoms with Crippen LogP contribution < -0.4 is 5.32 Å². The molecule has 2 aromatic rings. The van der Waals surface area contributed by atoms with E-state index in [0.717, 1.165) is 61.5 Å². The van der Waals surface area contributed by atoms with Crippen LogP contribution in [0.3, 0.4) is 0 Å². The van der Waals surface area contributed by atoms with Crippen molar-refractivity contribution >= 4 is 22.3 Å². The zero-order valence-corrected chi connectivity index (χ0v) is 15.1. The smallest absolute Gasteiger partial charge is 0.163 e. The largest absolute Gasteiger partial charge is 0.317 e. The average Bonchev–Trinajstić information content (AvgIpc) is 2.62. The second-order valence-electron chi connectivity index (χ2n) is 6.55. The highest BCUT2D eigenvalue weighted by Crippen LogP contribution is 2.19. The Balaban J connectivity index is 1.60. The van der Waals surface area contributed by atoms with Crippen LogP contribution in [-0.4, -0.2) is 29.6 Å². The number of Topliss-reactive ketones (excluding diaryl/α,β-unsaturated/α-hetero) is 2. The van der Waals surface area contributed by atoms with Gasteiger partial charge in [0.2, 0.25) is 0 Å². The van der Waals surface area contributed by atoms with Crippen molar-refractivity contribution in [2.45, 2.75) is 51.9 Å². The van der Waals surface area contributed by atoms with Gasteiger partial charge >= 0.3 is 0 Å². The highest BCUT2D eigenvalue weighted by atomic mass is 16.1. The van der Waals surface area contributed by atoms with Crippen LogP contribution in [0.25, 0.3) is 10.8 Å². The molecule has 0 bridgehead atoms. The van der Waals surface area contributed by atoms with E-state index in [2.05, 4.69) is 10.3 Å². The van der Waals surface area contributed by atoms with Crippen LogP contribution in [0.4, 0.5) is 0 Å². The minimum Gasteiger partial charge on any atom is -0.317 e. The molecule has 0 amide bonds. The fourth-order valence-corrected chi connectivity index (χ4v) is 2.96. The molecule has 1 heterocycles. The maximum absolute atomic E-state index is 12.5. The predicted molar refractivity (Wildman–Crippen MR) is 102 cm³/mol. The number of hydrogen-bond acceptors (Lipinski definition) is 4. The Morgan fingerprint density at radius 1 is 0.960 bits per heavy atom. The average molecular weight is 340 g/mol. The third-order valence-corrected chi connectivity index (χ3v) is 4.37. The number of aromatic nitrogens is 1. The van der Waals surface area contributed by atoms with Gasteiger partial charge in [0.1, 0.15) is 5.78 Å². The summed E-state index contributed by atoms with van der Waals surface area (Å²) in [7, 11) is 0. The molecule has 0 aliphatic carbocycles. The number of pyridine rings is 1. The number of hydrogen-bond donors (Lipinski definition) is 1. The Bertz CT molecular complexity index is 692. The van der Waals surface area contributed by atoms with Crippen molar-refractivity contribution < 1.29 is 9.59 Å². The van der Waals surface area contributed by atoms with E-state index in [1.165, 1.54) is 0 Å². The molecule has 134 valence electrons. The van der Waals surface area contributed by atoms with Gasteiger partial charge in [0.15, 0.2) is 5.78 Å². The first-order valence-corrected chi connectivity index (χ1v) is 9.24. The number of rotatable bonds is 12. The highest BCUT2D eigenvalue weighted by Gasteiger charge is 2.09. The highest BCUT2D eigenvalue weighted by molar-refractivity contribution is 6.07. The van der Waals surface area contributed by atoms with Crippen molar-refractivity contribution in [3.8, 4) is 0 Å². The van der Waals surface area contributed by atoms with Crippen LogP contribution in [0.1, 0.15) is 62.2 Å². The van der Waals surface area contributed by atoms with E-state index in [0.29, 0.717) is 12.8 Å². The summed E-state index contributed by atoms with van der Waals surface area (Å²) in [5, 5.41) is 5.42. The number of carbonyl (C=O) groups excluding carboxylic acids is 2. The van der Waals surface area contributed by atoms with Gasteiger partial charge in [0.25, 0.3) is 0 Å². The summed E-state index contributed by atoms with van der Waals surface area (Å²) in [6.45, 7) is 3.58. The van der Waals surface area contributed by atoms with E-state index in [1.807, 2.05) is 24.3 Å². The third kappa shape index (κ3) is 6.75. The van der Waals surface area contributed by atoms with E-state index >= 15 is 0 Å². The first kappa shape index (κ1) is 19.3. The fraction of sp³-hybridized carbons (Fsp3) is 0.476. The topological polar surface area (TPSA) is 59.1 Å². The van der Waals surface area contributed by atoms with Crippen LogP contribution in [-0.2, 0) is 4.79 Å². The lowest BCUT2D eigenvalue weighted by atomic mass is 10.00. The molecular weight excluding hydrogens is 312 g/mol. The van der Waals surface area contributed by atoms with Gasteiger partial charge in [-0.2, -0.15) is 0 Å². The SMILES string of the molecule is CC(=O)CCCCCNCCCCC(=O)c1cccc2cnccc12. The second-order valence-corrected chi connectivity index (χ2v) is 6.55. The molecule has 1 aromatic carbocycles. The summed E-state index contributed by atoms with van der Waals surface area (Å²) in [6.07, 6.45) is 9.92. The maximum Gasteiger partial charge on any atom is 0.163 e. The normalized spacial score (nSPS) is 10.9. The lowest BCUT2D eigenvalue weighted by Gasteiger charge is -2.06. The van der Waals surface area contributed by atoms with Crippen LogP contribution in [0.2, 0.25) is 0 Å². The van der Waals surface area contributed by atoms with E-state index in [-0.39, 0.29) is 11.6 Å². The van der Waals surface area contributed by atoms with E-state index in [4.69, 9.17) is 0 Å². The van der Waals surface area contributed by atoms with Gasteiger partial charge in [-0.15, -0.1) is 0 Å². The Labute approximate surface area is 150 Å². The summed E-state index contributed by atoms with van der Waals surface area (Å²) < 4.78 is 0. The number of nitrogens with zero attached hydrogens (tertiary/aromatic N) is 1. The Morgan fingerprint density at radius 3 is 2.52 bits per heavy atom. The summed E-state index contributed by atoms with van der Waals surface area (Å²) in [5.41, 5.74) is 0.804. The quantitative estimate of drug-likeness (QED) is 0.461. The number of ketones is 2. The molecule has 0 spiro atoms. The number of nitrogens with one attached hydrogen (secondary N) is 1. The van der Waals surface area contributed by atoms with Gasteiger partial charge in [0, 0.05) is 36.2 Å². The molecule has 1 N–H and O–H groups in total. The molecule has 0 saturated heterocycles. The summed E-state index contributed by atoms with van der Waals surface area (Å²) in [6, 6.07) is 7.73. The minimum absolute atomic E-state index is 0.209. The first-order valence-electron chi connectivity index (χ1n) is 9.24. The molecular formula is C21H28N2O2. The summed E-state index contributed by atoms with van der Waals surface area (Å²) >= 11 is 0. The van der Waals surface area contributed by atoms with Crippen molar-refractivity contribution in [1.82, 2.24) is 10.3 Å². The van der Waals surface area contributed by atoms with Crippen LogP contribution in [0.15, 0.2) is 36.7 Å². The molecule has 0 radical (unpaired) electrons. The lowest BCUT2D eigenvalue weighted by molar-refractivity contribution is -0.117. The molecule has 25 heavy (non-hydrogen) atoms. The Morgan fingerprint density at radius 2 is 1.72 bits per heavy atom. The molecule has 0 unspecified atom stereocenters. The Kier molecular flexibility index (Phi) is 8.26. The molecule has 0 fully saturated rings. The van der Waals surface area contributed by atoms with Gasteiger partial charge < -0.3 is 10.1 Å². The van der Waals surface area contributed by atoms with Crippen molar-refractivity contribution in [2.24, 2.45) is 0 Å². The molecule has 0 aliphatic heterocycles. The molecule has 4 nitrogen and oxygen atoms in total. The molecule has 2 rings (SSSR count). The first-order chi connectivity index (χ1) is 12.2. The van der Waals surface area contributed by atoms with E-state index in [1.54, 1.807) is 19.3 Å². The number of fused-ring (bicyclic) bond motifs is 1. The molecule has 0 saturated carbocycles. The zero-order chi connectivity index (χ0) is 17.9. The van der Waals surface area contributed by atoms with Gasteiger partial charge in [-0.25, -0.2) is 0 Å². The molecule has 0 atom stereocenters. The van der Waals surface area contributed by atoms with Gasteiger partial charge in [-0.1, -0.05) is 24.6 Å². The van der Waals surface area contributed by atoms with Crippen LogP contribution in [0.5, 0.6) is 0 Å². The van der Waals surface area contributed by atoms with Gasteiger partial charge in [-0.05, 0) is 57.1 Å². The van der Waals surface area contributed by atoms with Crippen molar-refractivity contribution in [3.63, 3.8) is 0 Å².